The minimum atomic E-state index is 0.162. The highest BCUT2D eigenvalue weighted by atomic mass is 16.5. The SMILES string of the molecule is CC(=O)CCCO[C@@H]1CC[C@]2(C)C3CC[C@@]4(C)C(CC[C@H]4C(C)CCC(=O)NCc4ccc(C)cc4)[C@@H]3[C@H](OCCCC(C)=O)C[C@@H]2C1. The van der Waals surface area contributed by atoms with E-state index in [-0.39, 0.29) is 35.1 Å². The standard InChI is InChI=1S/C42H65NO5/c1-28-11-14-32(15-12-28)27-43-39(46)18-13-29(2)35-16-17-36-40-37(20-22-42(35,36)6)41(5)21-19-34(47-23-7-9-30(3)44)25-33(41)26-38(40)48-24-8-10-31(4)45/h11-12,14-15,29,33-38,40H,7-10,13,16-27H2,1-6H3,(H,43,46)/t29?,33-,34+,35-,36?,37?,38+,40-,41-,42+/m0/s1. The van der Waals surface area contributed by atoms with Crippen LogP contribution < -0.4 is 5.32 Å². The first kappa shape index (κ1) is 37.2. The normalized spacial score (nSPS) is 34.8. The van der Waals surface area contributed by atoms with Gasteiger partial charge in [0.25, 0.3) is 0 Å². The Morgan fingerprint density at radius 2 is 1.48 bits per heavy atom. The summed E-state index contributed by atoms with van der Waals surface area (Å²) in [6.07, 6.45) is 14.5. The molecule has 4 aliphatic carbocycles. The zero-order valence-corrected chi connectivity index (χ0v) is 31.0. The number of hydrogen-bond donors (Lipinski definition) is 1. The van der Waals surface area contributed by atoms with E-state index in [0.717, 1.165) is 44.1 Å². The molecule has 1 aromatic carbocycles. The highest BCUT2D eigenvalue weighted by Crippen LogP contribution is 2.69. The molecule has 4 saturated carbocycles. The molecule has 4 aliphatic rings. The third-order valence-electron chi connectivity index (χ3n) is 13.8. The molecule has 0 aliphatic heterocycles. The van der Waals surface area contributed by atoms with Gasteiger partial charge in [0, 0.05) is 39.0 Å². The molecule has 6 heteroatoms. The first-order valence-corrected chi connectivity index (χ1v) is 19.4. The van der Waals surface area contributed by atoms with Crippen molar-refractivity contribution in [2.24, 2.45) is 46.3 Å². The van der Waals surface area contributed by atoms with Gasteiger partial charge in [0.15, 0.2) is 0 Å². The van der Waals surface area contributed by atoms with Crippen molar-refractivity contribution in [3.63, 3.8) is 0 Å². The molecule has 0 aromatic heterocycles. The highest BCUT2D eigenvalue weighted by molar-refractivity contribution is 5.76. The predicted molar refractivity (Wildman–Crippen MR) is 191 cm³/mol. The summed E-state index contributed by atoms with van der Waals surface area (Å²) in [5.41, 5.74) is 2.97. The highest BCUT2D eigenvalue weighted by Gasteiger charge is 2.63. The Bertz CT molecular complexity index is 1240. The third kappa shape index (κ3) is 8.63. The molecule has 4 fully saturated rings. The van der Waals surface area contributed by atoms with Gasteiger partial charge in [-0.3, -0.25) is 4.79 Å². The number of benzene rings is 1. The number of Topliss-reactive ketones (excluding diaryl/α,β-unsaturated/α-hetero) is 2. The number of fused-ring (bicyclic) bond motifs is 5. The molecule has 3 unspecified atom stereocenters. The zero-order valence-electron chi connectivity index (χ0n) is 31.0. The van der Waals surface area contributed by atoms with Crippen molar-refractivity contribution >= 4 is 17.5 Å². The van der Waals surface area contributed by atoms with Gasteiger partial charge in [-0.2, -0.15) is 0 Å². The van der Waals surface area contributed by atoms with E-state index in [4.69, 9.17) is 9.47 Å². The van der Waals surface area contributed by atoms with Gasteiger partial charge in [0.1, 0.15) is 11.6 Å². The second-order valence-electron chi connectivity index (χ2n) is 17.0. The Morgan fingerprint density at radius 3 is 2.17 bits per heavy atom. The molecular weight excluding hydrogens is 598 g/mol. The molecule has 1 aromatic rings. The second kappa shape index (κ2) is 16.3. The lowest BCUT2D eigenvalue weighted by atomic mass is 9.43. The number of nitrogens with one attached hydrogen (secondary N) is 1. The van der Waals surface area contributed by atoms with Crippen molar-refractivity contribution in [3.8, 4) is 0 Å². The Labute approximate surface area is 291 Å². The Balaban J connectivity index is 1.23. The maximum absolute atomic E-state index is 12.9. The number of ketones is 2. The average molecular weight is 664 g/mol. The summed E-state index contributed by atoms with van der Waals surface area (Å²) < 4.78 is 13.2. The minimum Gasteiger partial charge on any atom is -0.378 e. The molecule has 5 rings (SSSR count). The molecule has 48 heavy (non-hydrogen) atoms. The molecule has 10 atom stereocenters. The molecular formula is C42H65NO5. The number of carbonyl (C=O) groups excluding carboxylic acids is 3. The van der Waals surface area contributed by atoms with Crippen LogP contribution in [0.2, 0.25) is 0 Å². The van der Waals surface area contributed by atoms with Crippen LogP contribution in [0, 0.1) is 53.3 Å². The topological polar surface area (TPSA) is 81.7 Å². The largest absolute Gasteiger partial charge is 0.378 e. The van der Waals surface area contributed by atoms with Crippen molar-refractivity contribution < 1.29 is 23.9 Å². The van der Waals surface area contributed by atoms with Crippen LogP contribution in [-0.2, 0) is 30.4 Å². The minimum absolute atomic E-state index is 0.162. The van der Waals surface area contributed by atoms with Gasteiger partial charge in [-0.1, -0.05) is 50.6 Å². The molecule has 0 radical (unpaired) electrons. The first-order valence-electron chi connectivity index (χ1n) is 19.4. The maximum Gasteiger partial charge on any atom is 0.220 e. The second-order valence-corrected chi connectivity index (χ2v) is 17.0. The summed E-state index contributed by atoms with van der Waals surface area (Å²) in [4.78, 5) is 36.0. The van der Waals surface area contributed by atoms with Crippen LogP contribution >= 0.6 is 0 Å². The Hall–Kier alpha value is -2.05. The van der Waals surface area contributed by atoms with Gasteiger partial charge < -0.3 is 24.4 Å². The van der Waals surface area contributed by atoms with Gasteiger partial charge in [-0.05, 0) is 143 Å². The molecule has 1 N–H and O–H groups in total. The summed E-state index contributed by atoms with van der Waals surface area (Å²) in [6, 6.07) is 8.40. The number of rotatable bonds is 16. The number of hydrogen-bond acceptors (Lipinski definition) is 5. The van der Waals surface area contributed by atoms with Crippen LogP contribution in [0.1, 0.15) is 136 Å². The van der Waals surface area contributed by atoms with Crippen molar-refractivity contribution in [1.82, 2.24) is 5.32 Å². The molecule has 0 heterocycles. The fraction of sp³-hybridized carbons (Fsp3) is 0.786. The van der Waals surface area contributed by atoms with E-state index in [9.17, 15) is 14.4 Å². The van der Waals surface area contributed by atoms with E-state index in [1.165, 1.54) is 37.7 Å². The maximum atomic E-state index is 12.9. The van der Waals surface area contributed by atoms with Gasteiger partial charge in [-0.25, -0.2) is 0 Å². The Morgan fingerprint density at radius 1 is 0.833 bits per heavy atom. The summed E-state index contributed by atoms with van der Waals surface area (Å²) in [7, 11) is 0. The lowest BCUT2D eigenvalue weighted by Crippen LogP contribution is -2.59. The third-order valence-corrected chi connectivity index (χ3v) is 13.8. The van der Waals surface area contributed by atoms with Crippen LogP contribution in [0.15, 0.2) is 24.3 Å². The number of amides is 1. The summed E-state index contributed by atoms with van der Waals surface area (Å²) in [5.74, 6) is 4.25. The zero-order chi connectivity index (χ0) is 34.5. The van der Waals surface area contributed by atoms with Crippen molar-refractivity contribution in [1.29, 1.82) is 0 Å². The molecule has 6 nitrogen and oxygen atoms in total. The Kier molecular flexibility index (Phi) is 12.6. The smallest absolute Gasteiger partial charge is 0.220 e. The monoisotopic (exact) mass is 663 g/mol. The van der Waals surface area contributed by atoms with E-state index in [1.54, 1.807) is 13.8 Å². The van der Waals surface area contributed by atoms with Crippen LogP contribution in [-0.4, -0.2) is 42.9 Å². The van der Waals surface area contributed by atoms with E-state index in [1.807, 2.05) is 0 Å². The van der Waals surface area contributed by atoms with E-state index < -0.39 is 0 Å². The van der Waals surface area contributed by atoms with Crippen LogP contribution in [0.5, 0.6) is 0 Å². The van der Waals surface area contributed by atoms with E-state index in [2.05, 4.69) is 57.3 Å². The summed E-state index contributed by atoms with van der Waals surface area (Å²) in [5, 5.41) is 3.16. The van der Waals surface area contributed by atoms with Crippen molar-refractivity contribution in [2.75, 3.05) is 13.2 Å². The van der Waals surface area contributed by atoms with Crippen LogP contribution in [0.3, 0.4) is 0 Å². The van der Waals surface area contributed by atoms with E-state index in [0.29, 0.717) is 79.9 Å². The summed E-state index contributed by atoms with van der Waals surface area (Å²) in [6.45, 7) is 15.0. The average Bonchev–Trinajstić information content (AvgIpc) is 3.41. The molecule has 268 valence electrons. The predicted octanol–water partition coefficient (Wildman–Crippen LogP) is 8.81. The van der Waals surface area contributed by atoms with E-state index >= 15 is 0 Å². The van der Waals surface area contributed by atoms with Gasteiger partial charge in [-0.15, -0.1) is 0 Å². The molecule has 0 spiro atoms. The molecule has 0 saturated heterocycles. The number of aryl methyl sites for hydroxylation is 1. The lowest BCUT2D eigenvalue weighted by Gasteiger charge is -2.63. The van der Waals surface area contributed by atoms with Crippen LogP contribution in [0.25, 0.3) is 0 Å². The molecule has 0 bridgehead atoms. The fourth-order valence-electron chi connectivity index (χ4n) is 11.1. The van der Waals surface area contributed by atoms with Crippen molar-refractivity contribution in [2.45, 2.75) is 150 Å². The van der Waals surface area contributed by atoms with Gasteiger partial charge in [0.05, 0.1) is 12.2 Å². The lowest BCUT2D eigenvalue weighted by molar-refractivity contribution is -0.192. The first-order chi connectivity index (χ1) is 22.9. The van der Waals surface area contributed by atoms with Gasteiger partial charge in [0.2, 0.25) is 5.91 Å². The summed E-state index contributed by atoms with van der Waals surface area (Å²) >= 11 is 0. The quantitative estimate of drug-likeness (QED) is 0.179. The van der Waals surface area contributed by atoms with Crippen molar-refractivity contribution in [3.05, 3.63) is 35.4 Å². The number of carbonyl (C=O) groups is 3. The number of ether oxygens (including phenoxy) is 2. The molecule has 1 amide bonds. The fourth-order valence-corrected chi connectivity index (χ4v) is 11.1. The van der Waals surface area contributed by atoms with Gasteiger partial charge >= 0.3 is 0 Å². The van der Waals surface area contributed by atoms with Crippen LogP contribution in [0.4, 0.5) is 0 Å².